The van der Waals surface area contributed by atoms with Crippen LogP contribution in [0.25, 0.3) is 0 Å². The third-order valence-corrected chi connectivity index (χ3v) is 3.91. The minimum Gasteiger partial charge on any atom is -0.406 e. The molecule has 0 unspecified atom stereocenters. The van der Waals surface area contributed by atoms with Gasteiger partial charge in [-0.25, -0.2) is 4.98 Å². The number of anilines is 2. The fourth-order valence-corrected chi connectivity index (χ4v) is 2.56. The van der Waals surface area contributed by atoms with Crippen molar-refractivity contribution in [3.63, 3.8) is 0 Å². The molecule has 178 valence electrons. The average Bonchev–Trinajstić information content (AvgIpc) is 2.74. The van der Waals surface area contributed by atoms with Crippen LogP contribution in [0.15, 0.2) is 66.7 Å². The van der Waals surface area contributed by atoms with Gasteiger partial charge in [-0.05, 0) is 60.7 Å². The number of aromatic nitrogens is 1. The zero-order valence-electron chi connectivity index (χ0n) is 16.7. The summed E-state index contributed by atoms with van der Waals surface area (Å²) in [6.45, 7) is 0. The smallest absolute Gasteiger partial charge is 0.406 e. The molecule has 2 N–H and O–H groups in total. The lowest BCUT2D eigenvalue weighted by Crippen LogP contribution is -2.19. The second kappa shape index (κ2) is 9.68. The quantitative estimate of drug-likeness (QED) is 0.458. The van der Waals surface area contributed by atoms with E-state index in [4.69, 9.17) is 0 Å². The van der Waals surface area contributed by atoms with Gasteiger partial charge in [-0.1, -0.05) is 6.07 Å². The number of nitrogens with one attached hydrogen (secondary N) is 2. The molecule has 0 bridgehead atoms. The number of pyridine rings is 1. The molecule has 2 aromatic carbocycles. The zero-order valence-corrected chi connectivity index (χ0v) is 16.7. The maximum atomic E-state index is 12.4. The van der Waals surface area contributed by atoms with Crippen molar-refractivity contribution in [1.82, 2.24) is 4.98 Å². The number of carbonyl (C=O) groups is 2. The van der Waals surface area contributed by atoms with Gasteiger partial charge in [0.15, 0.2) is 0 Å². The summed E-state index contributed by atoms with van der Waals surface area (Å²) in [5.41, 5.74) is -0.0379. The maximum Gasteiger partial charge on any atom is 0.573 e. The van der Waals surface area contributed by atoms with E-state index in [1.54, 1.807) is 0 Å². The predicted molar refractivity (Wildman–Crippen MR) is 106 cm³/mol. The summed E-state index contributed by atoms with van der Waals surface area (Å²) < 4.78 is 80.7. The Morgan fingerprint density at radius 2 is 0.971 bits per heavy atom. The van der Waals surface area contributed by atoms with E-state index in [-0.39, 0.29) is 22.8 Å². The van der Waals surface area contributed by atoms with Crippen LogP contribution in [0.2, 0.25) is 0 Å². The molecule has 2 amide bonds. The van der Waals surface area contributed by atoms with E-state index in [0.29, 0.717) is 0 Å². The molecule has 34 heavy (non-hydrogen) atoms. The van der Waals surface area contributed by atoms with Crippen LogP contribution in [0.3, 0.4) is 0 Å². The first-order chi connectivity index (χ1) is 15.9. The van der Waals surface area contributed by atoms with Gasteiger partial charge in [0.2, 0.25) is 0 Å². The molecule has 7 nitrogen and oxygen atoms in total. The number of nitrogens with zero attached hydrogens (tertiary/aromatic N) is 1. The number of rotatable bonds is 6. The fraction of sp³-hybridized carbons (Fsp3) is 0.0952. The first-order valence-electron chi connectivity index (χ1n) is 9.19. The minimum absolute atomic E-state index is 0.150. The highest BCUT2D eigenvalue weighted by atomic mass is 19.4. The molecule has 0 fully saturated rings. The molecule has 1 aromatic heterocycles. The highest BCUT2D eigenvalue weighted by Crippen LogP contribution is 2.25. The molecule has 0 aliphatic rings. The van der Waals surface area contributed by atoms with Crippen LogP contribution >= 0.6 is 0 Å². The van der Waals surface area contributed by atoms with Gasteiger partial charge in [-0.2, -0.15) is 0 Å². The Morgan fingerprint density at radius 3 is 1.29 bits per heavy atom. The van der Waals surface area contributed by atoms with E-state index in [2.05, 4.69) is 25.1 Å². The van der Waals surface area contributed by atoms with Gasteiger partial charge in [0, 0.05) is 11.4 Å². The van der Waals surface area contributed by atoms with E-state index in [1.165, 1.54) is 42.5 Å². The van der Waals surface area contributed by atoms with Gasteiger partial charge in [-0.15, -0.1) is 26.3 Å². The van der Waals surface area contributed by atoms with Crippen molar-refractivity contribution in [2.24, 2.45) is 0 Å². The number of amides is 2. The third-order valence-electron chi connectivity index (χ3n) is 3.91. The number of carbonyl (C=O) groups excluding carboxylic acids is 2. The number of halogens is 6. The molecule has 3 aromatic rings. The van der Waals surface area contributed by atoms with Crippen LogP contribution in [0.5, 0.6) is 11.5 Å². The van der Waals surface area contributed by atoms with Crippen LogP contribution in [0.1, 0.15) is 21.0 Å². The number of hydrogen-bond acceptors (Lipinski definition) is 5. The zero-order chi connectivity index (χ0) is 24.9. The van der Waals surface area contributed by atoms with Crippen molar-refractivity contribution in [3.8, 4) is 11.5 Å². The second-order valence-corrected chi connectivity index (χ2v) is 6.46. The Bertz CT molecular complexity index is 1070. The maximum absolute atomic E-state index is 12.4. The Balaban J connectivity index is 1.63. The normalized spacial score (nSPS) is 11.5. The number of alkyl halides is 6. The number of benzene rings is 2. The van der Waals surface area contributed by atoms with E-state index in [0.717, 1.165) is 24.3 Å². The van der Waals surface area contributed by atoms with Crippen LogP contribution in [-0.4, -0.2) is 29.5 Å². The van der Waals surface area contributed by atoms with Gasteiger partial charge in [-0.3, -0.25) is 9.59 Å². The van der Waals surface area contributed by atoms with Crippen LogP contribution in [-0.2, 0) is 0 Å². The lowest BCUT2D eigenvalue weighted by molar-refractivity contribution is -0.275. The monoisotopic (exact) mass is 485 g/mol. The fourth-order valence-electron chi connectivity index (χ4n) is 2.56. The van der Waals surface area contributed by atoms with Crippen molar-refractivity contribution in [2.45, 2.75) is 12.7 Å². The Kier molecular flexibility index (Phi) is 6.94. The summed E-state index contributed by atoms with van der Waals surface area (Å²) >= 11 is 0. The molecular formula is C21H13F6N3O4. The standard InChI is InChI=1S/C21H13F6N3O4/c22-20(23,24)33-14-8-4-12(5-9-14)28-18(31)16-2-1-3-17(30-16)19(32)29-13-6-10-15(11-7-13)34-21(25,26)27/h1-11H,(H,28,31)(H,29,32). The summed E-state index contributed by atoms with van der Waals surface area (Å²) in [7, 11) is 0. The topological polar surface area (TPSA) is 89.5 Å². The van der Waals surface area contributed by atoms with Gasteiger partial charge in [0.25, 0.3) is 11.8 Å². The lowest BCUT2D eigenvalue weighted by Gasteiger charge is -2.11. The number of hydrogen-bond donors (Lipinski definition) is 2. The molecule has 13 heteroatoms. The van der Waals surface area contributed by atoms with Gasteiger partial charge < -0.3 is 20.1 Å². The third kappa shape index (κ3) is 7.39. The summed E-state index contributed by atoms with van der Waals surface area (Å²) in [6.07, 6.45) is -9.71. The van der Waals surface area contributed by atoms with Crippen LogP contribution in [0.4, 0.5) is 37.7 Å². The molecule has 0 aliphatic heterocycles. The van der Waals surface area contributed by atoms with E-state index in [1.807, 2.05) is 0 Å². The largest absolute Gasteiger partial charge is 0.573 e. The molecule has 0 saturated carbocycles. The van der Waals surface area contributed by atoms with E-state index < -0.39 is 36.0 Å². The highest BCUT2D eigenvalue weighted by molar-refractivity contribution is 6.06. The van der Waals surface area contributed by atoms with Crippen LogP contribution < -0.4 is 20.1 Å². The molecule has 0 spiro atoms. The summed E-state index contributed by atoms with van der Waals surface area (Å²) in [5.74, 6) is -2.43. The van der Waals surface area contributed by atoms with Gasteiger partial charge >= 0.3 is 12.7 Å². The predicted octanol–water partition coefficient (Wildman–Crippen LogP) is 5.38. The molecule has 0 saturated heterocycles. The first kappa shape index (κ1) is 24.4. The van der Waals surface area contributed by atoms with Crippen molar-refractivity contribution in [3.05, 3.63) is 78.1 Å². The summed E-state index contributed by atoms with van der Waals surface area (Å²) in [6, 6.07) is 12.7. The summed E-state index contributed by atoms with van der Waals surface area (Å²) in [5, 5.41) is 4.83. The highest BCUT2D eigenvalue weighted by Gasteiger charge is 2.31. The van der Waals surface area contributed by atoms with Crippen molar-refractivity contribution in [1.29, 1.82) is 0 Å². The number of ether oxygens (including phenoxy) is 2. The molecule has 0 radical (unpaired) electrons. The van der Waals surface area contributed by atoms with Gasteiger partial charge in [0.1, 0.15) is 22.9 Å². The van der Waals surface area contributed by atoms with Crippen molar-refractivity contribution in [2.75, 3.05) is 10.6 Å². The van der Waals surface area contributed by atoms with Crippen LogP contribution in [0, 0.1) is 0 Å². The van der Waals surface area contributed by atoms with E-state index >= 15 is 0 Å². The van der Waals surface area contributed by atoms with Crippen molar-refractivity contribution < 1.29 is 45.4 Å². The molecule has 0 atom stereocenters. The molecule has 0 aliphatic carbocycles. The Labute approximate surface area is 187 Å². The summed E-state index contributed by atoms with van der Waals surface area (Å²) in [4.78, 5) is 28.7. The lowest BCUT2D eigenvalue weighted by atomic mass is 10.2. The minimum atomic E-state index is -4.85. The molecule has 1 heterocycles. The Hall–Kier alpha value is -4.29. The average molecular weight is 485 g/mol. The second-order valence-electron chi connectivity index (χ2n) is 6.46. The molecular weight excluding hydrogens is 472 g/mol. The molecule has 3 rings (SSSR count). The van der Waals surface area contributed by atoms with Crippen molar-refractivity contribution >= 4 is 23.2 Å². The Morgan fingerprint density at radius 1 is 0.618 bits per heavy atom. The van der Waals surface area contributed by atoms with Gasteiger partial charge in [0.05, 0.1) is 0 Å². The first-order valence-corrected chi connectivity index (χ1v) is 9.19. The van der Waals surface area contributed by atoms with E-state index in [9.17, 15) is 35.9 Å². The SMILES string of the molecule is O=C(Nc1ccc(OC(F)(F)F)cc1)c1cccc(C(=O)Nc2ccc(OC(F)(F)F)cc2)n1.